The molecule has 0 saturated heterocycles. The van der Waals surface area contributed by atoms with Gasteiger partial charge in [-0.3, -0.25) is 0 Å². The van der Waals surface area contributed by atoms with Crippen LogP contribution in [-0.4, -0.2) is 0 Å². The second kappa shape index (κ2) is 5.98. The number of benzene rings is 2. The Hall–Kier alpha value is -1.38. The minimum atomic E-state index is -0.330. The molecule has 0 spiro atoms. The van der Waals surface area contributed by atoms with Crippen molar-refractivity contribution in [1.29, 1.82) is 0 Å². The van der Waals surface area contributed by atoms with Crippen molar-refractivity contribution in [3.8, 4) is 0 Å². The number of aryl methyl sites for hydroxylation is 1. The molecule has 0 aliphatic carbocycles. The van der Waals surface area contributed by atoms with Crippen LogP contribution in [0.1, 0.15) is 23.6 Å². The summed E-state index contributed by atoms with van der Waals surface area (Å²) in [5.41, 5.74) is 7.74. The highest BCUT2D eigenvalue weighted by atomic mass is 35.5. The molecule has 0 heterocycles. The van der Waals surface area contributed by atoms with E-state index in [0.29, 0.717) is 17.0 Å². The fraction of sp³-hybridized carbons (Fsp3) is 0.200. The minimum absolute atomic E-state index is 0.303. The molecule has 94 valence electrons. The molecule has 2 rings (SSSR count). The molecule has 1 unspecified atom stereocenters. The van der Waals surface area contributed by atoms with Crippen molar-refractivity contribution in [3.63, 3.8) is 0 Å². The van der Waals surface area contributed by atoms with E-state index in [1.54, 1.807) is 12.1 Å². The van der Waals surface area contributed by atoms with Gasteiger partial charge in [-0.05, 0) is 30.5 Å². The summed E-state index contributed by atoms with van der Waals surface area (Å²) in [5.74, 6) is -0.330. The quantitative estimate of drug-likeness (QED) is 0.883. The van der Waals surface area contributed by atoms with Crippen molar-refractivity contribution in [3.05, 3.63) is 70.5 Å². The van der Waals surface area contributed by atoms with E-state index in [-0.39, 0.29) is 11.9 Å². The van der Waals surface area contributed by atoms with Gasteiger partial charge >= 0.3 is 0 Å². The highest BCUT2D eigenvalue weighted by Crippen LogP contribution is 2.22. The van der Waals surface area contributed by atoms with E-state index in [4.69, 9.17) is 17.3 Å². The Morgan fingerprint density at radius 1 is 1.11 bits per heavy atom. The lowest BCUT2D eigenvalue weighted by atomic mass is 9.99. The Kier molecular flexibility index (Phi) is 4.34. The van der Waals surface area contributed by atoms with Crippen LogP contribution in [0, 0.1) is 5.82 Å². The van der Waals surface area contributed by atoms with Crippen LogP contribution in [0.2, 0.25) is 5.02 Å². The van der Waals surface area contributed by atoms with Gasteiger partial charge < -0.3 is 5.73 Å². The molecule has 2 N–H and O–H groups in total. The van der Waals surface area contributed by atoms with Gasteiger partial charge in [0, 0.05) is 16.6 Å². The third-order valence-corrected chi connectivity index (χ3v) is 3.18. The Morgan fingerprint density at radius 3 is 2.50 bits per heavy atom. The highest BCUT2D eigenvalue weighted by molar-refractivity contribution is 6.30. The summed E-state index contributed by atoms with van der Waals surface area (Å²) < 4.78 is 13.7. The van der Waals surface area contributed by atoms with Gasteiger partial charge in [0.1, 0.15) is 5.82 Å². The maximum atomic E-state index is 13.7. The summed E-state index contributed by atoms with van der Waals surface area (Å²) >= 11 is 5.71. The van der Waals surface area contributed by atoms with Crippen LogP contribution in [0.15, 0.2) is 48.5 Å². The Balaban J connectivity index is 2.01. The number of hydrogen-bond acceptors (Lipinski definition) is 1. The van der Waals surface area contributed by atoms with Crippen molar-refractivity contribution in [2.75, 3.05) is 0 Å². The van der Waals surface area contributed by atoms with E-state index >= 15 is 0 Å². The van der Waals surface area contributed by atoms with Gasteiger partial charge in [0.25, 0.3) is 0 Å². The van der Waals surface area contributed by atoms with Crippen LogP contribution in [-0.2, 0) is 6.42 Å². The first-order valence-electron chi connectivity index (χ1n) is 5.91. The highest BCUT2D eigenvalue weighted by Gasteiger charge is 2.11. The van der Waals surface area contributed by atoms with Crippen LogP contribution in [0.5, 0.6) is 0 Å². The van der Waals surface area contributed by atoms with Crippen molar-refractivity contribution in [2.45, 2.75) is 18.9 Å². The van der Waals surface area contributed by atoms with Gasteiger partial charge in [-0.25, -0.2) is 4.39 Å². The molecule has 0 bridgehead atoms. The molecule has 18 heavy (non-hydrogen) atoms. The summed E-state index contributed by atoms with van der Waals surface area (Å²) in [6.07, 6.45) is 1.55. The van der Waals surface area contributed by atoms with Crippen LogP contribution in [0.25, 0.3) is 0 Å². The zero-order valence-corrected chi connectivity index (χ0v) is 10.7. The van der Waals surface area contributed by atoms with Crippen molar-refractivity contribution < 1.29 is 4.39 Å². The first-order valence-corrected chi connectivity index (χ1v) is 6.29. The molecule has 3 heteroatoms. The SMILES string of the molecule is NC(CCc1ccccc1)c1ccc(Cl)cc1F. The molecule has 0 aliphatic rings. The molecule has 1 nitrogen and oxygen atoms in total. The zero-order chi connectivity index (χ0) is 13.0. The molecule has 0 aliphatic heterocycles. The second-order valence-corrected chi connectivity index (χ2v) is 4.73. The average molecular weight is 264 g/mol. The molecule has 1 atom stereocenters. The van der Waals surface area contributed by atoms with Gasteiger partial charge in [0.05, 0.1) is 0 Å². The van der Waals surface area contributed by atoms with E-state index in [9.17, 15) is 4.39 Å². The third-order valence-electron chi connectivity index (χ3n) is 2.95. The van der Waals surface area contributed by atoms with Crippen LogP contribution >= 0.6 is 11.6 Å². The topological polar surface area (TPSA) is 26.0 Å². The van der Waals surface area contributed by atoms with Crippen molar-refractivity contribution in [1.82, 2.24) is 0 Å². The maximum Gasteiger partial charge on any atom is 0.129 e. The van der Waals surface area contributed by atoms with E-state index < -0.39 is 0 Å². The third kappa shape index (κ3) is 3.31. The summed E-state index contributed by atoms with van der Waals surface area (Å²) in [6, 6.07) is 14.4. The number of nitrogens with two attached hydrogens (primary N) is 1. The van der Waals surface area contributed by atoms with Crippen LogP contribution in [0.3, 0.4) is 0 Å². The van der Waals surface area contributed by atoms with Crippen molar-refractivity contribution in [2.24, 2.45) is 5.73 Å². The standard InChI is InChI=1S/C15H15ClFN/c16-12-7-8-13(14(17)10-12)15(18)9-6-11-4-2-1-3-5-11/h1-5,7-8,10,15H,6,9,18H2. The molecule has 0 radical (unpaired) electrons. The summed E-state index contributed by atoms with van der Waals surface area (Å²) in [6.45, 7) is 0. The Morgan fingerprint density at radius 2 is 1.83 bits per heavy atom. The van der Waals surface area contributed by atoms with E-state index in [1.165, 1.54) is 11.6 Å². The normalized spacial score (nSPS) is 12.4. The van der Waals surface area contributed by atoms with Gasteiger partial charge in [0.2, 0.25) is 0 Å². The number of rotatable bonds is 4. The maximum absolute atomic E-state index is 13.7. The fourth-order valence-corrected chi connectivity index (χ4v) is 2.08. The van der Waals surface area contributed by atoms with Crippen molar-refractivity contribution >= 4 is 11.6 Å². The van der Waals surface area contributed by atoms with Gasteiger partial charge in [-0.2, -0.15) is 0 Å². The molecular weight excluding hydrogens is 249 g/mol. The number of hydrogen-bond donors (Lipinski definition) is 1. The molecule has 2 aromatic carbocycles. The average Bonchev–Trinajstić information content (AvgIpc) is 2.37. The first-order chi connectivity index (χ1) is 8.66. The Labute approximate surface area is 111 Å². The lowest BCUT2D eigenvalue weighted by Gasteiger charge is -2.13. The second-order valence-electron chi connectivity index (χ2n) is 4.30. The summed E-state index contributed by atoms with van der Waals surface area (Å²) in [4.78, 5) is 0. The molecule has 0 amide bonds. The van der Waals surface area contributed by atoms with Crippen LogP contribution < -0.4 is 5.73 Å². The number of halogens is 2. The largest absolute Gasteiger partial charge is 0.324 e. The van der Waals surface area contributed by atoms with E-state index in [0.717, 1.165) is 6.42 Å². The molecular formula is C15H15ClFN. The van der Waals surface area contributed by atoms with Crippen LogP contribution in [0.4, 0.5) is 4.39 Å². The predicted octanol–water partition coefficient (Wildman–Crippen LogP) is 4.11. The van der Waals surface area contributed by atoms with Gasteiger partial charge in [-0.1, -0.05) is 48.0 Å². The lowest BCUT2D eigenvalue weighted by molar-refractivity contribution is 0.564. The zero-order valence-electron chi connectivity index (χ0n) is 9.94. The molecule has 0 saturated carbocycles. The molecule has 2 aromatic rings. The minimum Gasteiger partial charge on any atom is -0.324 e. The lowest BCUT2D eigenvalue weighted by Crippen LogP contribution is -2.13. The van der Waals surface area contributed by atoms with Gasteiger partial charge in [0.15, 0.2) is 0 Å². The first kappa shape index (κ1) is 13.1. The molecule has 0 aromatic heterocycles. The molecule has 0 fully saturated rings. The smallest absolute Gasteiger partial charge is 0.129 e. The summed E-state index contributed by atoms with van der Waals surface area (Å²) in [7, 11) is 0. The fourth-order valence-electron chi connectivity index (χ4n) is 1.92. The summed E-state index contributed by atoms with van der Waals surface area (Å²) in [5, 5.41) is 0.395. The predicted molar refractivity (Wildman–Crippen MR) is 73.1 cm³/mol. The van der Waals surface area contributed by atoms with Gasteiger partial charge in [-0.15, -0.1) is 0 Å². The Bertz CT molecular complexity index is 513. The monoisotopic (exact) mass is 263 g/mol. The van der Waals surface area contributed by atoms with E-state index in [2.05, 4.69) is 0 Å². The van der Waals surface area contributed by atoms with E-state index in [1.807, 2.05) is 30.3 Å².